The van der Waals surface area contributed by atoms with Gasteiger partial charge in [-0.3, -0.25) is 4.90 Å². The van der Waals surface area contributed by atoms with Crippen molar-refractivity contribution >= 4 is 17.7 Å². The van der Waals surface area contributed by atoms with Crippen molar-refractivity contribution in [2.75, 3.05) is 30.4 Å². The minimum absolute atomic E-state index is 0.180. The minimum Gasteiger partial charge on any atom is -0.444 e. The van der Waals surface area contributed by atoms with Crippen molar-refractivity contribution in [3.63, 3.8) is 0 Å². The topological polar surface area (TPSA) is 93.8 Å². The van der Waals surface area contributed by atoms with Crippen LogP contribution in [0.3, 0.4) is 0 Å². The second-order valence-electron chi connectivity index (χ2n) is 8.87. The normalized spacial score (nSPS) is 19.0. The van der Waals surface area contributed by atoms with Gasteiger partial charge in [-0.1, -0.05) is 12.1 Å². The molecule has 1 aromatic carbocycles. The van der Waals surface area contributed by atoms with Crippen LogP contribution >= 0.6 is 0 Å². The highest BCUT2D eigenvalue weighted by Gasteiger charge is 2.33. The highest BCUT2D eigenvalue weighted by molar-refractivity contribution is 5.73. The van der Waals surface area contributed by atoms with Gasteiger partial charge in [0.2, 0.25) is 5.95 Å². The van der Waals surface area contributed by atoms with Gasteiger partial charge in [-0.05, 0) is 39.8 Å². The van der Waals surface area contributed by atoms with Crippen LogP contribution in [0.25, 0.3) is 11.3 Å². The maximum absolute atomic E-state index is 12.7. The Morgan fingerprint density at radius 1 is 1.20 bits per heavy atom. The Bertz CT molecular complexity index is 939. The predicted octanol–water partition coefficient (Wildman–Crippen LogP) is 3.20. The number of fused-ring (bicyclic) bond motifs is 1. The first-order chi connectivity index (χ1) is 14.2. The van der Waals surface area contributed by atoms with Crippen LogP contribution in [0, 0.1) is 0 Å². The van der Waals surface area contributed by atoms with E-state index in [2.05, 4.69) is 11.8 Å². The second-order valence-corrected chi connectivity index (χ2v) is 8.87. The predicted molar refractivity (Wildman–Crippen MR) is 115 cm³/mol. The number of nitrogens with zero attached hydrogens (tertiary/aromatic N) is 4. The van der Waals surface area contributed by atoms with E-state index in [-0.39, 0.29) is 12.1 Å². The van der Waals surface area contributed by atoms with Crippen molar-refractivity contribution < 1.29 is 14.3 Å². The molecule has 1 saturated heterocycles. The monoisotopic (exact) mass is 411 g/mol. The van der Waals surface area contributed by atoms with Crippen molar-refractivity contribution in [3.8, 4) is 11.3 Å². The summed E-state index contributed by atoms with van der Waals surface area (Å²) in [6.45, 7) is 10.5. The molecule has 2 aromatic rings. The van der Waals surface area contributed by atoms with E-state index in [9.17, 15) is 4.79 Å². The molecule has 1 amide bonds. The Labute approximate surface area is 177 Å². The van der Waals surface area contributed by atoms with Crippen molar-refractivity contribution in [3.05, 3.63) is 35.5 Å². The van der Waals surface area contributed by atoms with Gasteiger partial charge >= 0.3 is 6.09 Å². The summed E-state index contributed by atoms with van der Waals surface area (Å²) in [5.41, 5.74) is 9.62. The summed E-state index contributed by atoms with van der Waals surface area (Å²) in [6.07, 6.45) is -0.343. The Morgan fingerprint density at radius 3 is 2.60 bits per heavy atom. The zero-order valence-electron chi connectivity index (χ0n) is 18.0. The summed E-state index contributed by atoms with van der Waals surface area (Å²) in [5, 5.41) is 0. The van der Waals surface area contributed by atoms with Gasteiger partial charge in [-0.15, -0.1) is 0 Å². The molecule has 2 N–H and O–H groups in total. The third kappa shape index (κ3) is 4.18. The molecular formula is C22H29N5O3. The van der Waals surface area contributed by atoms with Crippen LogP contribution in [0.1, 0.15) is 39.0 Å². The highest BCUT2D eigenvalue weighted by Crippen LogP contribution is 2.34. The first-order valence-electron chi connectivity index (χ1n) is 10.3. The molecule has 8 nitrogen and oxygen atoms in total. The molecule has 0 bridgehead atoms. The number of anilines is 2. The summed E-state index contributed by atoms with van der Waals surface area (Å²) < 4.78 is 11.1. The zero-order valence-corrected chi connectivity index (χ0v) is 18.0. The van der Waals surface area contributed by atoms with Crippen LogP contribution in [-0.4, -0.2) is 52.4 Å². The maximum Gasteiger partial charge on any atom is 0.410 e. The number of ether oxygens (including phenoxy) is 2. The molecule has 4 rings (SSSR count). The van der Waals surface area contributed by atoms with Gasteiger partial charge in [-0.2, -0.15) is 0 Å². The van der Waals surface area contributed by atoms with Gasteiger partial charge in [0.05, 0.1) is 43.7 Å². The summed E-state index contributed by atoms with van der Waals surface area (Å²) >= 11 is 0. The van der Waals surface area contributed by atoms with Crippen LogP contribution in [0.15, 0.2) is 24.3 Å². The van der Waals surface area contributed by atoms with Gasteiger partial charge in [0.15, 0.2) is 0 Å². The molecule has 1 fully saturated rings. The number of carbonyl (C=O) groups excluding carboxylic acids is 1. The first-order valence-corrected chi connectivity index (χ1v) is 10.3. The summed E-state index contributed by atoms with van der Waals surface area (Å²) in [5.74, 6) is 0.669. The molecule has 0 aliphatic carbocycles. The molecule has 3 heterocycles. The number of amides is 1. The Morgan fingerprint density at radius 2 is 1.93 bits per heavy atom. The number of hydrogen-bond donors (Lipinski definition) is 1. The van der Waals surface area contributed by atoms with Crippen LogP contribution in [0.4, 0.5) is 16.4 Å². The molecule has 2 aliphatic rings. The number of benzene rings is 1. The molecule has 0 radical (unpaired) electrons. The lowest BCUT2D eigenvalue weighted by atomic mass is 10.1. The van der Waals surface area contributed by atoms with E-state index in [1.54, 1.807) is 4.90 Å². The van der Waals surface area contributed by atoms with E-state index < -0.39 is 5.60 Å². The SMILES string of the molecule is CC1COCCN1c1nc2c(c(-c3ccc(N)cc3)n1)CN(C(=O)OC(C)(C)C)C2. The second kappa shape index (κ2) is 7.75. The number of rotatable bonds is 2. The third-order valence-electron chi connectivity index (χ3n) is 5.23. The average molecular weight is 412 g/mol. The Balaban J connectivity index is 1.72. The van der Waals surface area contributed by atoms with E-state index in [1.165, 1.54) is 0 Å². The van der Waals surface area contributed by atoms with Gasteiger partial charge in [0, 0.05) is 23.4 Å². The molecule has 1 aromatic heterocycles. The first kappa shape index (κ1) is 20.4. The fourth-order valence-corrected chi connectivity index (χ4v) is 3.73. The molecule has 1 atom stereocenters. The molecule has 8 heteroatoms. The Kier molecular flexibility index (Phi) is 5.27. The maximum atomic E-state index is 12.7. The summed E-state index contributed by atoms with van der Waals surface area (Å²) in [6, 6.07) is 7.82. The smallest absolute Gasteiger partial charge is 0.410 e. The average Bonchev–Trinajstić information content (AvgIpc) is 3.11. The molecular weight excluding hydrogens is 382 g/mol. The molecule has 0 spiro atoms. The number of carbonyl (C=O) groups is 1. The quantitative estimate of drug-likeness (QED) is 0.759. The molecule has 1 unspecified atom stereocenters. The van der Waals surface area contributed by atoms with Gasteiger partial charge in [0.1, 0.15) is 5.60 Å². The summed E-state index contributed by atoms with van der Waals surface area (Å²) in [4.78, 5) is 26.3. The van der Waals surface area contributed by atoms with E-state index in [0.29, 0.717) is 37.9 Å². The number of nitrogens with two attached hydrogens (primary N) is 1. The van der Waals surface area contributed by atoms with Crippen molar-refractivity contribution in [2.24, 2.45) is 0 Å². The fourth-order valence-electron chi connectivity index (χ4n) is 3.73. The molecule has 0 saturated carbocycles. The number of nitrogen functional groups attached to an aromatic ring is 1. The van der Waals surface area contributed by atoms with E-state index >= 15 is 0 Å². The Hall–Kier alpha value is -2.87. The van der Waals surface area contributed by atoms with Crippen LogP contribution in [0.5, 0.6) is 0 Å². The van der Waals surface area contributed by atoms with Gasteiger partial charge < -0.3 is 20.1 Å². The minimum atomic E-state index is -0.550. The molecule has 2 aliphatic heterocycles. The van der Waals surface area contributed by atoms with Crippen LogP contribution in [-0.2, 0) is 22.6 Å². The number of hydrogen-bond acceptors (Lipinski definition) is 7. The lowest BCUT2D eigenvalue weighted by molar-refractivity contribution is 0.0241. The molecule has 160 valence electrons. The van der Waals surface area contributed by atoms with Crippen molar-refractivity contribution in [2.45, 2.75) is 52.4 Å². The van der Waals surface area contributed by atoms with Gasteiger partial charge in [0.25, 0.3) is 0 Å². The van der Waals surface area contributed by atoms with Crippen LogP contribution < -0.4 is 10.6 Å². The van der Waals surface area contributed by atoms with Gasteiger partial charge in [-0.25, -0.2) is 14.8 Å². The standard InChI is InChI=1S/C22H29N5O3/c1-14-13-29-10-9-27(14)20-24-18-12-26(21(28)30-22(2,3)4)11-17(18)19(25-20)15-5-7-16(23)8-6-15/h5-8,14H,9-13,23H2,1-4H3. The lowest BCUT2D eigenvalue weighted by Crippen LogP contribution is -2.44. The number of morpholine rings is 1. The number of aromatic nitrogens is 2. The van der Waals surface area contributed by atoms with Crippen molar-refractivity contribution in [1.29, 1.82) is 0 Å². The van der Waals surface area contributed by atoms with Crippen LogP contribution in [0.2, 0.25) is 0 Å². The zero-order chi connectivity index (χ0) is 21.5. The fraction of sp³-hybridized carbons (Fsp3) is 0.500. The van der Waals surface area contributed by atoms with E-state index in [1.807, 2.05) is 45.0 Å². The van der Waals surface area contributed by atoms with E-state index in [0.717, 1.165) is 29.1 Å². The summed E-state index contributed by atoms with van der Waals surface area (Å²) in [7, 11) is 0. The third-order valence-corrected chi connectivity index (χ3v) is 5.23. The van der Waals surface area contributed by atoms with Crippen molar-refractivity contribution in [1.82, 2.24) is 14.9 Å². The molecule has 30 heavy (non-hydrogen) atoms. The largest absolute Gasteiger partial charge is 0.444 e. The highest BCUT2D eigenvalue weighted by atomic mass is 16.6. The lowest BCUT2D eigenvalue weighted by Gasteiger charge is -2.33. The van der Waals surface area contributed by atoms with E-state index in [4.69, 9.17) is 25.2 Å².